The molecule has 0 aromatic carbocycles. The molecule has 0 spiro atoms. The highest BCUT2D eigenvalue weighted by atomic mass is 16.5. The van der Waals surface area contributed by atoms with Crippen molar-refractivity contribution < 1.29 is 4.74 Å². The highest BCUT2D eigenvalue weighted by molar-refractivity contribution is 5.17. The zero-order chi connectivity index (χ0) is 13.5. The molecule has 0 radical (unpaired) electrons. The molecule has 0 unspecified atom stereocenters. The Morgan fingerprint density at radius 1 is 1.32 bits per heavy atom. The van der Waals surface area contributed by atoms with Gasteiger partial charge in [0.1, 0.15) is 6.61 Å². The van der Waals surface area contributed by atoms with E-state index < -0.39 is 0 Å². The van der Waals surface area contributed by atoms with Gasteiger partial charge in [-0.2, -0.15) is 0 Å². The largest absolute Gasteiger partial charge is 0.462 e. The van der Waals surface area contributed by atoms with E-state index in [4.69, 9.17) is 4.74 Å². The molecule has 1 aliphatic rings. The van der Waals surface area contributed by atoms with E-state index in [-0.39, 0.29) is 0 Å². The molecule has 2 rings (SSSR count). The molecule has 0 aliphatic carbocycles. The first kappa shape index (κ1) is 14.2. The van der Waals surface area contributed by atoms with Gasteiger partial charge in [-0.25, -0.2) is 9.97 Å². The average molecular weight is 264 g/mol. The Bertz CT molecular complexity index is 391. The molecule has 1 saturated heterocycles. The third-order valence-electron chi connectivity index (χ3n) is 3.51. The predicted octanol–water partition coefficient (Wildman–Crippen LogP) is 1.37. The normalized spacial score (nSPS) is 16.5. The monoisotopic (exact) mass is 264 g/mol. The van der Waals surface area contributed by atoms with E-state index in [0.29, 0.717) is 12.6 Å². The van der Waals surface area contributed by atoms with E-state index in [1.165, 1.54) is 32.4 Å². The van der Waals surface area contributed by atoms with Crippen LogP contribution in [0.1, 0.15) is 30.5 Å². The van der Waals surface area contributed by atoms with Crippen LogP contribution in [0, 0.1) is 6.92 Å². The van der Waals surface area contributed by atoms with Crippen LogP contribution in [0.2, 0.25) is 0 Å². The second-order valence-electron chi connectivity index (χ2n) is 5.04. The van der Waals surface area contributed by atoms with Crippen molar-refractivity contribution in [2.75, 3.05) is 33.3 Å². The fourth-order valence-corrected chi connectivity index (χ4v) is 2.35. The summed E-state index contributed by atoms with van der Waals surface area (Å²) in [4.78, 5) is 11.1. The van der Waals surface area contributed by atoms with E-state index in [1.54, 1.807) is 0 Å². The quantitative estimate of drug-likeness (QED) is 0.841. The lowest BCUT2D eigenvalue weighted by Crippen LogP contribution is -2.33. The van der Waals surface area contributed by atoms with Crippen LogP contribution < -0.4 is 10.1 Å². The van der Waals surface area contributed by atoms with Crippen LogP contribution in [0.15, 0.2) is 6.20 Å². The summed E-state index contributed by atoms with van der Waals surface area (Å²) in [7, 11) is 1.92. The molecule has 1 aliphatic heterocycles. The van der Waals surface area contributed by atoms with Crippen LogP contribution in [-0.4, -0.2) is 48.2 Å². The Morgan fingerprint density at radius 2 is 2.11 bits per heavy atom. The molecule has 1 fully saturated rings. The van der Waals surface area contributed by atoms with Crippen molar-refractivity contribution in [3.63, 3.8) is 0 Å². The van der Waals surface area contributed by atoms with Crippen LogP contribution in [0.25, 0.3) is 0 Å². The summed E-state index contributed by atoms with van der Waals surface area (Å²) >= 11 is 0. The Balaban J connectivity index is 1.77. The van der Waals surface area contributed by atoms with Crippen LogP contribution in [-0.2, 0) is 6.54 Å². The van der Waals surface area contributed by atoms with Crippen molar-refractivity contribution in [3.8, 4) is 6.01 Å². The van der Waals surface area contributed by atoms with Gasteiger partial charge in [0, 0.05) is 30.5 Å². The zero-order valence-electron chi connectivity index (χ0n) is 12.0. The number of nitrogens with zero attached hydrogens (tertiary/aromatic N) is 3. The Hall–Kier alpha value is -1.20. The summed E-state index contributed by atoms with van der Waals surface area (Å²) in [6.07, 6.45) is 5.84. The number of ether oxygens (including phenoxy) is 1. The van der Waals surface area contributed by atoms with Gasteiger partial charge < -0.3 is 10.1 Å². The van der Waals surface area contributed by atoms with Crippen LogP contribution in [0.5, 0.6) is 6.01 Å². The average Bonchev–Trinajstić information content (AvgIpc) is 2.43. The second-order valence-corrected chi connectivity index (χ2v) is 5.04. The molecule has 1 aromatic heterocycles. The summed E-state index contributed by atoms with van der Waals surface area (Å²) in [5.74, 6) is 0. The highest BCUT2D eigenvalue weighted by Gasteiger charge is 2.10. The van der Waals surface area contributed by atoms with Crippen molar-refractivity contribution in [3.05, 3.63) is 17.5 Å². The molecule has 5 heteroatoms. The molecule has 106 valence electrons. The Labute approximate surface area is 115 Å². The van der Waals surface area contributed by atoms with Crippen molar-refractivity contribution in [1.29, 1.82) is 0 Å². The SMILES string of the molecule is CNCc1cnc(OCCN2CCCCC2)nc1C. The van der Waals surface area contributed by atoms with E-state index >= 15 is 0 Å². The first-order valence-corrected chi connectivity index (χ1v) is 7.12. The third kappa shape index (κ3) is 4.44. The van der Waals surface area contributed by atoms with Gasteiger partial charge in [0.25, 0.3) is 0 Å². The van der Waals surface area contributed by atoms with Gasteiger partial charge in [0.2, 0.25) is 0 Å². The molecular formula is C14H24N4O. The number of piperidine rings is 1. The van der Waals surface area contributed by atoms with E-state index in [2.05, 4.69) is 20.2 Å². The summed E-state index contributed by atoms with van der Waals surface area (Å²) < 4.78 is 5.64. The number of hydrogen-bond acceptors (Lipinski definition) is 5. The maximum Gasteiger partial charge on any atom is 0.316 e. The molecule has 0 saturated carbocycles. The van der Waals surface area contributed by atoms with Crippen molar-refractivity contribution in [1.82, 2.24) is 20.2 Å². The molecule has 19 heavy (non-hydrogen) atoms. The zero-order valence-corrected chi connectivity index (χ0v) is 12.0. The van der Waals surface area contributed by atoms with Gasteiger partial charge >= 0.3 is 6.01 Å². The first-order chi connectivity index (χ1) is 9.29. The van der Waals surface area contributed by atoms with Gasteiger partial charge in [-0.15, -0.1) is 0 Å². The minimum Gasteiger partial charge on any atom is -0.462 e. The van der Waals surface area contributed by atoms with Crippen molar-refractivity contribution in [2.24, 2.45) is 0 Å². The summed E-state index contributed by atoms with van der Waals surface area (Å²) in [5.41, 5.74) is 2.10. The smallest absolute Gasteiger partial charge is 0.316 e. The van der Waals surface area contributed by atoms with E-state index in [1.807, 2.05) is 20.2 Å². The molecule has 1 aromatic rings. The number of hydrogen-bond donors (Lipinski definition) is 1. The van der Waals surface area contributed by atoms with Crippen molar-refractivity contribution in [2.45, 2.75) is 32.7 Å². The number of aryl methyl sites for hydroxylation is 1. The number of rotatable bonds is 6. The number of nitrogens with one attached hydrogen (secondary N) is 1. The van der Waals surface area contributed by atoms with E-state index in [0.717, 1.165) is 24.3 Å². The number of likely N-dealkylation sites (tertiary alicyclic amines) is 1. The number of aromatic nitrogens is 2. The van der Waals surface area contributed by atoms with Gasteiger partial charge in [0.15, 0.2) is 0 Å². The first-order valence-electron chi connectivity index (χ1n) is 7.12. The molecular weight excluding hydrogens is 240 g/mol. The van der Waals surface area contributed by atoms with Crippen LogP contribution >= 0.6 is 0 Å². The van der Waals surface area contributed by atoms with Gasteiger partial charge in [-0.1, -0.05) is 6.42 Å². The highest BCUT2D eigenvalue weighted by Crippen LogP contribution is 2.10. The van der Waals surface area contributed by atoms with Gasteiger partial charge in [0.05, 0.1) is 0 Å². The lowest BCUT2D eigenvalue weighted by molar-refractivity contribution is 0.177. The lowest BCUT2D eigenvalue weighted by Gasteiger charge is -2.25. The molecule has 0 amide bonds. The van der Waals surface area contributed by atoms with Gasteiger partial charge in [-0.05, 0) is 39.9 Å². The van der Waals surface area contributed by atoms with E-state index in [9.17, 15) is 0 Å². The molecule has 1 N–H and O–H groups in total. The Morgan fingerprint density at radius 3 is 2.79 bits per heavy atom. The topological polar surface area (TPSA) is 50.3 Å². The van der Waals surface area contributed by atoms with Gasteiger partial charge in [-0.3, -0.25) is 4.90 Å². The predicted molar refractivity (Wildman–Crippen MR) is 75.3 cm³/mol. The minimum absolute atomic E-state index is 0.495. The molecule has 0 bridgehead atoms. The Kier molecular flexibility index (Phi) is 5.54. The molecule has 2 heterocycles. The summed E-state index contributed by atoms with van der Waals surface area (Å²) in [6, 6.07) is 0.495. The molecule has 5 nitrogen and oxygen atoms in total. The fraction of sp³-hybridized carbons (Fsp3) is 0.714. The van der Waals surface area contributed by atoms with Crippen molar-refractivity contribution >= 4 is 0 Å². The maximum atomic E-state index is 5.64. The van der Waals surface area contributed by atoms with Crippen LogP contribution in [0.4, 0.5) is 0 Å². The van der Waals surface area contributed by atoms with Crippen LogP contribution in [0.3, 0.4) is 0 Å². The standard InChI is InChI=1S/C14H24N4O/c1-12-13(10-15-2)11-16-14(17-12)19-9-8-18-6-4-3-5-7-18/h11,15H,3-10H2,1-2H3. The molecule has 0 atom stereocenters. The summed E-state index contributed by atoms with van der Waals surface area (Å²) in [5, 5.41) is 3.10. The summed E-state index contributed by atoms with van der Waals surface area (Å²) in [6.45, 7) is 6.83. The second kappa shape index (κ2) is 7.40. The third-order valence-corrected chi connectivity index (χ3v) is 3.51. The fourth-order valence-electron chi connectivity index (χ4n) is 2.35. The lowest BCUT2D eigenvalue weighted by atomic mass is 10.1. The maximum absolute atomic E-state index is 5.64. The minimum atomic E-state index is 0.495.